The van der Waals surface area contributed by atoms with E-state index in [-0.39, 0.29) is 17.9 Å². The molecule has 0 saturated carbocycles. The largest absolute Gasteiger partial charge is 0.472 e. The second-order valence-corrected chi connectivity index (χ2v) is 7.72. The van der Waals surface area contributed by atoms with Crippen molar-refractivity contribution >= 4 is 23.6 Å². The molecule has 1 aliphatic rings. The summed E-state index contributed by atoms with van der Waals surface area (Å²) in [6.07, 6.45) is 4.54. The van der Waals surface area contributed by atoms with Crippen LogP contribution in [0.4, 0.5) is 0 Å². The van der Waals surface area contributed by atoms with Crippen molar-refractivity contribution in [2.24, 2.45) is 0 Å². The van der Waals surface area contributed by atoms with Crippen molar-refractivity contribution in [1.82, 2.24) is 10.2 Å². The van der Waals surface area contributed by atoms with Crippen molar-refractivity contribution in [1.29, 1.82) is 0 Å². The number of furan rings is 1. The van der Waals surface area contributed by atoms with Gasteiger partial charge >= 0.3 is 0 Å². The molecule has 2 amide bonds. The van der Waals surface area contributed by atoms with Gasteiger partial charge in [-0.25, -0.2) is 0 Å². The predicted octanol–water partition coefficient (Wildman–Crippen LogP) is 3.41. The first-order valence-corrected chi connectivity index (χ1v) is 9.82. The number of hydrogen-bond acceptors (Lipinski definition) is 4. The summed E-state index contributed by atoms with van der Waals surface area (Å²) in [5.74, 6) is 0.461. The van der Waals surface area contributed by atoms with Crippen LogP contribution in [0.3, 0.4) is 0 Å². The maximum absolute atomic E-state index is 12.3. The van der Waals surface area contributed by atoms with Gasteiger partial charge in [0.1, 0.15) is 6.26 Å². The topological polar surface area (TPSA) is 62.6 Å². The van der Waals surface area contributed by atoms with Crippen LogP contribution in [-0.4, -0.2) is 41.6 Å². The van der Waals surface area contributed by atoms with Gasteiger partial charge in [0.2, 0.25) is 5.91 Å². The molecule has 0 aliphatic carbocycles. The minimum Gasteiger partial charge on any atom is -0.472 e. The fourth-order valence-corrected chi connectivity index (χ4v) is 4.01. The average Bonchev–Trinajstić information content (AvgIpc) is 3.17. The van der Waals surface area contributed by atoms with Crippen molar-refractivity contribution in [3.05, 3.63) is 53.5 Å². The number of benzene rings is 1. The van der Waals surface area contributed by atoms with Crippen LogP contribution in [0.5, 0.6) is 0 Å². The van der Waals surface area contributed by atoms with Crippen LogP contribution in [0, 0.1) is 13.8 Å². The van der Waals surface area contributed by atoms with Crippen molar-refractivity contribution in [2.75, 3.05) is 18.8 Å². The van der Waals surface area contributed by atoms with E-state index in [0.29, 0.717) is 24.4 Å². The third kappa shape index (κ3) is 4.69. The van der Waals surface area contributed by atoms with Crippen molar-refractivity contribution < 1.29 is 14.0 Å². The van der Waals surface area contributed by atoms with Gasteiger partial charge in [0.25, 0.3) is 5.91 Å². The summed E-state index contributed by atoms with van der Waals surface area (Å²) in [5, 5.41) is 3.10. The molecular weight excluding hydrogens is 348 g/mol. The zero-order valence-corrected chi connectivity index (χ0v) is 16.0. The number of piperidine rings is 1. The van der Waals surface area contributed by atoms with Gasteiger partial charge in [-0.15, -0.1) is 11.8 Å². The van der Waals surface area contributed by atoms with Crippen molar-refractivity contribution in [3.63, 3.8) is 0 Å². The molecule has 5 nitrogen and oxygen atoms in total. The number of thioether (sulfide) groups is 1. The first kappa shape index (κ1) is 18.6. The van der Waals surface area contributed by atoms with E-state index in [9.17, 15) is 9.59 Å². The zero-order chi connectivity index (χ0) is 18.5. The first-order valence-electron chi connectivity index (χ1n) is 8.84. The molecule has 0 radical (unpaired) electrons. The summed E-state index contributed by atoms with van der Waals surface area (Å²) in [5.41, 5.74) is 2.98. The quantitative estimate of drug-likeness (QED) is 0.817. The van der Waals surface area contributed by atoms with Gasteiger partial charge in [-0.1, -0.05) is 17.7 Å². The number of amides is 2. The number of carbonyl (C=O) groups excluding carboxylic acids is 2. The molecule has 2 aromatic rings. The molecule has 1 fully saturated rings. The molecule has 1 aromatic carbocycles. The lowest BCUT2D eigenvalue weighted by Gasteiger charge is -2.32. The van der Waals surface area contributed by atoms with E-state index >= 15 is 0 Å². The van der Waals surface area contributed by atoms with Gasteiger partial charge in [-0.2, -0.15) is 0 Å². The summed E-state index contributed by atoms with van der Waals surface area (Å²) in [6.45, 7) is 5.42. The van der Waals surface area contributed by atoms with Crippen LogP contribution in [0.25, 0.3) is 0 Å². The molecule has 26 heavy (non-hydrogen) atoms. The van der Waals surface area contributed by atoms with Crippen molar-refractivity contribution in [3.8, 4) is 0 Å². The number of carbonyl (C=O) groups is 2. The van der Waals surface area contributed by atoms with Gasteiger partial charge in [0.15, 0.2) is 0 Å². The van der Waals surface area contributed by atoms with Gasteiger partial charge in [-0.05, 0) is 44.4 Å². The van der Waals surface area contributed by atoms with E-state index in [2.05, 4.69) is 37.4 Å². The van der Waals surface area contributed by atoms with Crippen LogP contribution in [0.2, 0.25) is 0 Å². The van der Waals surface area contributed by atoms with E-state index in [1.54, 1.807) is 17.8 Å². The smallest absolute Gasteiger partial charge is 0.257 e. The van der Waals surface area contributed by atoms with Crippen LogP contribution in [0.1, 0.15) is 34.3 Å². The highest BCUT2D eigenvalue weighted by Crippen LogP contribution is 2.23. The normalized spacial score (nSPS) is 15.1. The number of aryl methyl sites for hydroxylation is 2. The Morgan fingerprint density at radius 2 is 2.00 bits per heavy atom. The highest BCUT2D eigenvalue weighted by molar-refractivity contribution is 8.00. The minimum atomic E-state index is -0.00555. The Morgan fingerprint density at radius 3 is 2.69 bits per heavy atom. The monoisotopic (exact) mass is 372 g/mol. The Bertz CT molecular complexity index is 765. The Morgan fingerprint density at radius 1 is 1.23 bits per heavy atom. The molecular formula is C20H24N2O3S. The summed E-state index contributed by atoms with van der Waals surface area (Å²) in [4.78, 5) is 27.5. The molecule has 1 N–H and O–H groups in total. The molecule has 1 saturated heterocycles. The lowest BCUT2D eigenvalue weighted by atomic mass is 10.0. The second-order valence-electron chi connectivity index (χ2n) is 6.70. The Hall–Kier alpha value is -2.21. The lowest BCUT2D eigenvalue weighted by Crippen LogP contribution is -2.46. The lowest BCUT2D eigenvalue weighted by molar-refractivity contribution is -0.119. The predicted molar refractivity (Wildman–Crippen MR) is 102 cm³/mol. The van der Waals surface area contributed by atoms with Crippen molar-refractivity contribution in [2.45, 2.75) is 37.6 Å². The molecule has 2 heterocycles. The zero-order valence-electron chi connectivity index (χ0n) is 15.2. The maximum Gasteiger partial charge on any atom is 0.257 e. The Labute approximate surface area is 158 Å². The third-order valence-electron chi connectivity index (χ3n) is 4.62. The molecule has 0 unspecified atom stereocenters. The maximum atomic E-state index is 12.3. The Kier molecular flexibility index (Phi) is 6.04. The van der Waals surface area contributed by atoms with E-state index in [1.807, 2.05) is 4.90 Å². The van der Waals surface area contributed by atoms with Crippen LogP contribution >= 0.6 is 11.8 Å². The molecule has 138 valence electrons. The van der Waals surface area contributed by atoms with E-state index in [0.717, 1.165) is 17.7 Å². The number of hydrogen-bond donors (Lipinski definition) is 1. The summed E-state index contributed by atoms with van der Waals surface area (Å²) in [6, 6.07) is 8.10. The average molecular weight is 372 g/mol. The molecule has 0 spiro atoms. The van der Waals surface area contributed by atoms with Crippen LogP contribution in [0.15, 0.2) is 46.1 Å². The number of nitrogens with zero attached hydrogens (tertiary/aromatic N) is 1. The molecule has 3 rings (SSSR count). The van der Waals surface area contributed by atoms with Crippen LogP contribution < -0.4 is 5.32 Å². The standard InChI is InChI=1S/C20H24N2O3S/c1-14-3-4-15(2)18(11-14)26-13-19(23)21-17-5-8-22(9-6-17)20(24)16-7-10-25-12-16/h3-4,7,10-12,17H,5-6,8-9,13H2,1-2H3,(H,21,23). The highest BCUT2D eigenvalue weighted by Gasteiger charge is 2.25. The Balaban J connectivity index is 1.43. The first-order chi connectivity index (χ1) is 12.5. The summed E-state index contributed by atoms with van der Waals surface area (Å²) < 4.78 is 4.97. The minimum absolute atomic E-state index is 0.00555. The van der Waals surface area contributed by atoms with E-state index in [4.69, 9.17) is 4.42 Å². The molecule has 0 bridgehead atoms. The fraction of sp³-hybridized carbons (Fsp3) is 0.400. The number of likely N-dealkylation sites (tertiary alicyclic amines) is 1. The third-order valence-corrected chi connectivity index (χ3v) is 5.78. The van der Waals surface area contributed by atoms with Gasteiger partial charge in [0.05, 0.1) is 17.6 Å². The van der Waals surface area contributed by atoms with Gasteiger partial charge < -0.3 is 14.6 Å². The summed E-state index contributed by atoms with van der Waals surface area (Å²) >= 11 is 1.57. The number of rotatable bonds is 5. The molecule has 0 atom stereocenters. The summed E-state index contributed by atoms with van der Waals surface area (Å²) in [7, 11) is 0. The van der Waals surface area contributed by atoms with Crippen LogP contribution in [-0.2, 0) is 4.79 Å². The second kappa shape index (κ2) is 8.45. The van der Waals surface area contributed by atoms with Gasteiger partial charge in [-0.3, -0.25) is 9.59 Å². The fourth-order valence-electron chi connectivity index (χ4n) is 3.07. The number of nitrogens with one attached hydrogen (secondary N) is 1. The van der Waals surface area contributed by atoms with E-state index < -0.39 is 0 Å². The molecule has 1 aliphatic heterocycles. The molecule has 6 heteroatoms. The van der Waals surface area contributed by atoms with E-state index in [1.165, 1.54) is 23.7 Å². The highest BCUT2D eigenvalue weighted by atomic mass is 32.2. The SMILES string of the molecule is Cc1ccc(C)c(SCC(=O)NC2CCN(C(=O)c3ccoc3)CC2)c1. The molecule has 1 aromatic heterocycles. The van der Waals surface area contributed by atoms with Gasteiger partial charge in [0, 0.05) is 24.0 Å².